The zero-order valence-corrected chi connectivity index (χ0v) is 13.5. The maximum absolute atomic E-state index is 6.31. The molecule has 3 heteroatoms. The lowest BCUT2D eigenvalue weighted by atomic mass is 9.97. The number of aryl methyl sites for hydroxylation is 1. The van der Waals surface area contributed by atoms with E-state index in [1.807, 2.05) is 0 Å². The van der Waals surface area contributed by atoms with E-state index in [-0.39, 0.29) is 6.04 Å². The van der Waals surface area contributed by atoms with E-state index < -0.39 is 0 Å². The van der Waals surface area contributed by atoms with Crippen LogP contribution in [0.4, 0.5) is 0 Å². The summed E-state index contributed by atoms with van der Waals surface area (Å²) in [5.41, 5.74) is 8.99. The first-order valence-electron chi connectivity index (χ1n) is 8.42. The Morgan fingerprint density at radius 2 is 1.71 bits per heavy atom. The Kier molecular flexibility index (Phi) is 4.63. The van der Waals surface area contributed by atoms with Crippen molar-refractivity contribution in [1.82, 2.24) is 9.80 Å². The number of nitrogens with two attached hydrogens (primary N) is 1. The van der Waals surface area contributed by atoms with Gasteiger partial charge in [-0.3, -0.25) is 4.90 Å². The molecular formula is C18H29N3. The van der Waals surface area contributed by atoms with E-state index in [1.165, 1.54) is 43.6 Å². The van der Waals surface area contributed by atoms with Gasteiger partial charge < -0.3 is 10.6 Å². The molecule has 116 valence electrons. The number of piperazine rings is 1. The molecule has 21 heavy (non-hydrogen) atoms. The molecule has 0 aromatic heterocycles. The van der Waals surface area contributed by atoms with Crippen molar-refractivity contribution in [3.05, 3.63) is 35.4 Å². The number of hydrogen-bond acceptors (Lipinski definition) is 3. The molecule has 1 aliphatic heterocycles. The molecule has 0 radical (unpaired) electrons. The van der Waals surface area contributed by atoms with Gasteiger partial charge in [-0.2, -0.15) is 0 Å². The molecular weight excluding hydrogens is 258 g/mol. The fourth-order valence-electron chi connectivity index (χ4n) is 3.50. The number of hydrogen-bond donors (Lipinski definition) is 1. The predicted octanol–water partition coefficient (Wildman–Crippen LogP) is 2.41. The van der Waals surface area contributed by atoms with Crippen LogP contribution in [0.25, 0.3) is 0 Å². The third kappa shape index (κ3) is 3.85. The molecule has 3 rings (SSSR count). The third-order valence-corrected chi connectivity index (χ3v) is 4.93. The van der Waals surface area contributed by atoms with Crippen molar-refractivity contribution in [2.24, 2.45) is 11.7 Å². The lowest BCUT2D eigenvalue weighted by Gasteiger charge is -2.41. The summed E-state index contributed by atoms with van der Waals surface area (Å²) in [6.45, 7) is 10.3. The first-order valence-corrected chi connectivity index (χ1v) is 8.42. The summed E-state index contributed by atoms with van der Waals surface area (Å²) in [4.78, 5) is 5.22. The van der Waals surface area contributed by atoms with Crippen molar-refractivity contribution in [2.45, 2.75) is 38.8 Å². The smallest absolute Gasteiger partial charge is 0.0497 e. The normalized spacial score (nSPS) is 24.0. The van der Waals surface area contributed by atoms with Gasteiger partial charge in [0.2, 0.25) is 0 Å². The Balaban J connectivity index is 1.63. The van der Waals surface area contributed by atoms with Crippen molar-refractivity contribution in [3.8, 4) is 0 Å². The van der Waals surface area contributed by atoms with Crippen LogP contribution in [0, 0.1) is 12.8 Å². The lowest BCUT2D eigenvalue weighted by Crippen LogP contribution is -2.51. The zero-order valence-electron chi connectivity index (χ0n) is 13.5. The molecule has 0 amide bonds. The van der Waals surface area contributed by atoms with Crippen LogP contribution in [-0.2, 0) is 0 Å². The van der Waals surface area contributed by atoms with Gasteiger partial charge in [-0.1, -0.05) is 29.8 Å². The minimum atomic E-state index is 0.169. The van der Waals surface area contributed by atoms with E-state index >= 15 is 0 Å². The number of benzene rings is 1. The molecule has 3 nitrogen and oxygen atoms in total. The summed E-state index contributed by atoms with van der Waals surface area (Å²) in [5, 5.41) is 0. The van der Waals surface area contributed by atoms with Crippen LogP contribution in [0.2, 0.25) is 0 Å². The highest BCUT2D eigenvalue weighted by Crippen LogP contribution is 2.31. The maximum Gasteiger partial charge on any atom is 0.0497 e. The molecule has 1 aromatic rings. The molecule has 1 heterocycles. The summed E-state index contributed by atoms with van der Waals surface area (Å²) >= 11 is 0. The van der Waals surface area contributed by atoms with Gasteiger partial charge in [0.1, 0.15) is 0 Å². The van der Waals surface area contributed by atoms with Gasteiger partial charge in [0.15, 0.2) is 0 Å². The highest BCUT2D eigenvalue weighted by atomic mass is 15.3. The Bertz CT molecular complexity index is 442. The molecule has 0 spiro atoms. The zero-order chi connectivity index (χ0) is 14.8. The van der Waals surface area contributed by atoms with Crippen LogP contribution in [0.1, 0.15) is 36.9 Å². The highest BCUT2D eigenvalue weighted by molar-refractivity contribution is 5.25. The van der Waals surface area contributed by atoms with Gasteiger partial charge in [-0.05, 0) is 38.2 Å². The predicted molar refractivity (Wildman–Crippen MR) is 88.3 cm³/mol. The van der Waals surface area contributed by atoms with Crippen molar-refractivity contribution in [2.75, 3.05) is 32.7 Å². The highest BCUT2D eigenvalue weighted by Gasteiger charge is 2.30. The quantitative estimate of drug-likeness (QED) is 0.902. The second kappa shape index (κ2) is 6.47. The molecule has 1 aliphatic carbocycles. The first-order chi connectivity index (χ1) is 10.1. The molecule has 2 fully saturated rings. The summed E-state index contributed by atoms with van der Waals surface area (Å²) in [6.07, 6.45) is 2.90. The molecule has 2 atom stereocenters. The summed E-state index contributed by atoms with van der Waals surface area (Å²) in [5.74, 6) is 0.998. The SMILES string of the molecule is Cc1ccc(C(C(C)N)N2CCN(CC3CC3)CC2)cc1. The van der Waals surface area contributed by atoms with E-state index in [9.17, 15) is 0 Å². The van der Waals surface area contributed by atoms with E-state index in [2.05, 4.69) is 47.9 Å². The Hall–Kier alpha value is -0.900. The van der Waals surface area contributed by atoms with Gasteiger partial charge in [-0.25, -0.2) is 0 Å². The van der Waals surface area contributed by atoms with E-state index in [4.69, 9.17) is 5.73 Å². The van der Waals surface area contributed by atoms with Crippen LogP contribution >= 0.6 is 0 Å². The summed E-state index contributed by atoms with van der Waals surface area (Å²) < 4.78 is 0. The van der Waals surface area contributed by atoms with Crippen LogP contribution < -0.4 is 5.73 Å². The lowest BCUT2D eigenvalue weighted by molar-refractivity contribution is 0.0842. The Morgan fingerprint density at radius 1 is 1.10 bits per heavy atom. The first kappa shape index (κ1) is 15.0. The standard InChI is InChI=1S/C18H29N3/c1-14-3-7-17(8-4-14)18(15(2)19)21-11-9-20(10-12-21)13-16-5-6-16/h3-4,7-8,15-16,18H,5-6,9-13,19H2,1-2H3. The molecule has 1 saturated heterocycles. The Morgan fingerprint density at radius 3 is 2.24 bits per heavy atom. The second-order valence-electron chi connectivity index (χ2n) is 6.99. The minimum Gasteiger partial charge on any atom is -0.326 e. The van der Waals surface area contributed by atoms with Gasteiger partial charge in [-0.15, -0.1) is 0 Å². The molecule has 2 N–H and O–H groups in total. The maximum atomic E-state index is 6.31. The van der Waals surface area contributed by atoms with Crippen molar-refractivity contribution in [3.63, 3.8) is 0 Å². The molecule has 0 bridgehead atoms. The Labute approximate surface area is 129 Å². The average molecular weight is 287 g/mol. The monoisotopic (exact) mass is 287 g/mol. The minimum absolute atomic E-state index is 0.169. The number of nitrogens with zero attached hydrogens (tertiary/aromatic N) is 2. The molecule has 1 saturated carbocycles. The van der Waals surface area contributed by atoms with Gasteiger partial charge in [0.25, 0.3) is 0 Å². The third-order valence-electron chi connectivity index (χ3n) is 4.93. The van der Waals surface area contributed by atoms with E-state index in [0.717, 1.165) is 19.0 Å². The van der Waals surface area contributed by atoms with Crippen molar-refractivity contribution in [1.29, 1.82) is 0 Å². The van der Waals surface area contributed by atoms with Crippen LogP contribution in [0.15, 0.2) is 24.3 Å². The molecule has 2 aliphatic rings. The van der Waals surface area contributed by atoms with Gasteiger partial charge >= 0.3 is 0 Å². The summed E-state index contributed by atoms with van der Waals surface area (Å²) in [6, 6.07) is 9.43. The number of rotatable bonds is 5. The average Bonchev–Trinajstić information content (AvgIpc) is 3.27. The summed E-state index contributed by atoms with van der Waals surface area (Å²) in [7, 11) is 0. The van der Waals surface area contributed by atoms with Crippen LogP contribution in [-0.4, -0.2) is 48.6 Å². The van der Waals surface area contributed by atoms with Crippen LogP contribution in [0.3, 0.4) is 0 Å². The largest absolute Gasteiger partial charge is 0.326 e. The molecule has 1 aromatic carbocycles. The van der Waals surface area contributed by atoms with Gasteiger partial charge in [0.05, 0.1) is 0 Å². The van der Waals surface area contributed by atoms with E-state index in [0.29, 0.717) is 6.04 Å². The molecule has 2 unspecified atom stereocenters. The fourth-order valence-corrected chi connectivity index (χ4v) is 3.50. The second-order valence-corrected chi connectivity index (χ2v) is 6.99. The van der Waals surface area contributed by atoms with Crippen LogP contribution in [0.5, 0.6) is 0 Å². The van der Waals surface area contributed by atoms with Gasteiger partial charge in [0, 0.05) is 44.8 Å². The van der Waals surface area contributed by atoms with E-state index in [1.54, 1.807) is 0 Å². The van der Waals surface area contributed by atoms with Crippen molar-refractivity contribution >= 4 is 0 Å². The fraction of sp³-hybridized carbons (Fsp3) is 0.667. The topological polar surface area (TPSA) is 32.5 Å². The van der Waals surface area contributed by atoms with Crippen molar-refractivity contribution < 1.29 is 0 Å².